The molecule has 0 aliphatic heterocycles. The van der Waals surface area contributed by atoms with E-state index in [9.17, 15) is 13.2 Å². The lowest BCUT2D eigenvalue weighted by molar-refractivity contribution is 0.0526. The number of benzene rings is 3. The second-order valence-electron chi connectivity index (χ2n) is 10.5. The van der Waals surface area contributed by atoms with Crippen LogP contribution >= 0.6 is 0 Å². The predicted molar refractivity (Wildman–Crippen MR) is 175 cm³/mol. The summed E-state index contributed by atoms with van der Waals surface area (Å²) in [6, 6.07) is 20.0. The maximum atomic E-state index is 13.6. The summed E-state index contributed by atoms with van der Waals surface area (Å²) < 4.78 is 45.9. The summed E-state index contributed by atoms with van der Waals surface area (Å²) in [6.07, 6.45) is 4.47. The molecule has 1 saturated carbocycles. The highest BCUT2D eigenvalue weighted by molar-refractivity contribution is 7.89. The molecule has 2 aromatic heterocycles. The topological polar surface area (TPSA) is 154 Å². The van der Waals surface area contributed by atoms with Crippen LogP contribution in [0, 0.1) is 0 Å². The Morgan fingerprint density at radius 1 is 0.891 bits per heavy atom. The van der Waals surface area contributed by atoms with Crippen LogP contribution < -0.4 is 24.8 Å². The molecule has 1 aliphatic carbocycles. The van der Waals surface area contributed by atoms with Crippen LogP contribution in [0.2, 0.25) is 0 Å². The molecule has 6 rings (SSSR count). The molecule has 13 heteroatoms. The van der Waals surface area contributed by atoms with Crippen molar-refractivity contribution in [2.45, 2.75) is 30.7 Å². The lowest BCUT2D eigenvalue weighted by atomic mass is 10.0. The second-order valence-corrected chi connectivity index (χ2v) is 12.2. The lowest BCUT2D eigenvalue weighted by Crippen LogP contribution is -2.26. The molecule has 0 saturated heterocycles. The minimum Gasteiger partial charge on any atom is -0.480 e. The zero-order valence-corrected chi connectivity index (χ0v) is 26.2. The number of para-hydroxylation sites is 1. The quantitative estimate of drug-likeness (QED) is 0.142. The molecule has 0 atom stereocenters. The maximum Gasteiger partial charge on any atom is 0.338 e. The van der Waals surface area contributed by atoms with Gasteiger partial charge in [-0.05, 0) is 61.7 Å². The highest BCUT2D eigenvalue weighted by atomic mass is 32.2. The van der Waals surface area contributed by atoms with E-state index in [1.54, 1.807) is 43.5 Å². The van der Waals surface area contributed by atoms with Crippen LogP contribution in [0.5, 0.6) is 11.9 Å². The average Bonchev–Trinajstić information content (AvgIpc) is 3.88. The molecule has 0 amide bonds. The molecule has 3 aromatic carbocycles. The van der Waals surface area contributed by atoms with Crippen LogP contribution in [0.25, 0.3) is 22.0 Å². The summed E-state index contributed by atoms with van der Waals surface area (Å²) in [5.74, 6) is -0.197. The van der Waals surface area contributed by atoms with E-state index in [2.05, 4.69) is 30.3 Å². The van der Waals surface area contributed by atoms with Gasteiger partial charge in [0.15, 0.2) is 0 Å². The largest absolute Gasteiger partial charge is 0.480 e. The van der Waals surface area contributed by atoms with E-state index in [4.69, 9.17) is 14.2 Å². The smallest absolute Gasteiger partial charge is 0.338 e. The molecule has 0 bridgehead atoms. The first kappa shape index (κ1) is 30.7. The van der Waals surface area contributed by atoms with Crippen molar-refractivity contribution >= 4 is 49.6 Å². The van der Waals surface area contributed by atoms with Gasteiger partial charge in [0.25, 0.3) is 0 Å². The van der Waals surface area contributed by atoms with Gasteiger partial charge in [-0.25, -0.2) is 22.9 Å². The van der Waals surface area contributed by atoms with Gasteiger partial charge < -0.3 is 24.8 Å². The van der Waals surface area contributed by atoms with Crippen molar-refractivity contribution in [3.8, 4) is 23.0 Å². The second kappa shape index (κ2) is 13.0. The van der Waals surface area contributed by atoms with E-state index in [1.807, 2.05) is 36.4 Å². The molecule has 1 fully saturated rings. The number of rotatable bonds is 12. The van der Waals surface area contributed by atoms with Gasteiger partial charge in [0.1, 0.15) is 4.90 Å². The molecular weight excluding hydrogens is 608 g/mol. The summed E-state index contributed by atoms with van der Waals surface area (Å²) in [5.41, 5.74) is 4.29. The molecule has 3 N–H and O–H groups in total. The monoisotopic (exact) mass is 640 g/mol. The third-order valence-corrected chi connectivity index (χ3v) is 8.75. The van der Waals surface area contributed by atoms with Crippen LogP contribution in [0.4, 0.5) is 22.7 Å². The van der Waals surface area contributed by atoms with E-state index in [0.29, 0.717) is 45.0 Å². The number of ether oxygens (including phenoxy) is 3. The van der Waals surface area contributed by atoms with Gasteiger partial charge in [0, 0.05) is 40.9 Å². The Kier molecular flexibility index (Phi) is 8.68. The molecule has 0 spiro atoms. The molecule has 5 aromatic rings. The molecule has 0 unspecified atom stereocenters. The van der Waals surface area contributed by atoms with Crippen molar-refractivity contribution in [3.63, 3.8) is 0 Å². The van der Waals surface area contributed by atoms with Crippen molar-refractivity contribution in [1.29, 1.82) is 0 Å². The van der Waals surface area contributed by atoms with E-state index in [1.165, 1.54) is 20.4 Å². The highest BCUT2D eigenvalue weighted by Gasteiger charge is 2.31. The lowest BCUT2D eigenvalue weighted by Gasteiger charge is -2.18. The van der Waals surface area contributed by atoms with Crippen molar-refractivity contribution in [3.05, 3.63) is 84.7 Å². The number of anilines is 4. The number of methoxy groups -OCH3 is 2. The normalized spacial score (nSPS) is 12.8. The number of esters is 1. The molecular formula is C33H32N6O6S. The zero-order chi connectivity index (χ0) is 32.3. The predicted octanol–water partition coefficient (Wildman–Crippen LogP) is 5.81. The van der Waals surface area contributed by atoms with Crippen LogP contribution in [0.15, 0.2) is 84.0 Å². The van der Waals surface area contributed by atoms with E-state index < -0.39 is 16.0 Å². The Labute approximate surface area is 266 Å². The number of nitrogens with one attached hydrogen (secondary N) is 3. The Hall–Kier alpha value is -5.27. The average molecular weight is 641 g/mol. The highest BCUT2D eigenvalue weighted by Crippen LogP contribution is 2.37. The molecule has 46 heavy (non-hydrogen) atoms. The van der Waals surface area contributed by atoms with E-state index >= 15 is 0 Å². The van der Waals surface area contributed by atoms with Gasteiger partial charge in [-0.2, -0.15) is 4.98 Å². The van der Waals surface area contributed by atoms with Crippen molar-refractivity contribution in [1.82, 2.24) is 19.7 Å². The van der Waals surface area contributed by atoms with Gasteiger partial charge in [-0.15, -0.1) is 0 Å². The molecule has 1 aliphatic rings. The van der Waals surface area contributed by atoms with Gasteiger partial charge in [0.05, 0.1) is 43.2 Å². The van der Waals surface area contributed by atoms with Gasteiger partial charge in [-0.3, -0.25) is 4.98 Å². The van der Waals surface area contributed by atoms with Crippen LogP contribution in [0.1, 0.15) is 30.1 Å². The van der Waals surface area contributed by atoms with Crippen molar-refractivity contribution in [2.75, 3.05) is 31.5 Å². The standard InChI is InChI=1S/C33H32N6O6S/c1-4-45-32(40)21-14-24(36-22-8-6-5-7-9-22)17-25(15-21)37-30-26-13-10-20(27-18-35-33(44-3)38-31(27)43-2)16-28(26)34-19-29(30)46(41,42)39-23-11-12-23/h5-10,13-19,23,36,39H,4,11-12H2,1-3H3,(H,34,37). The van der Waals surface area contributed by atoms with Crippen molar-refractivity contribution in [2.24, 2.45) is 0 Å². The number of carbonyl (C=O) groups excluding carboxylic acids is 1. The Morgan fingerprint density at radius 3 is 2.35 bits per heavy atom. The number of sulfonamides is 1. The first-order chi connectivity index (χ1) is 22.3. The summed E-state index contributed by atoms with van der Waals surface area (Å²) in [7, 11) is -0.980. The van der Waals surface area contributed by atoms with E-state index in [-0.39, 0.29) is 29.1 Å². The fraction of sp³-hybridized carbons (Fsp3) is 0.212. The first-order valence-electron chi connectivity index (χ1n) is 14.6. The van der Waals surface area contributed by atoms with Crippen LogP contribution in [-0.4, -0.2) is 56.2 Å². The molecule has 2 heterocycles. The molecule has 236 valence electrons. The fourth-order valence-corrected chi connectivity index (χ4v) is 6.32. The Balaban J connectivity index is 1.48. The maximum absolute atomic E-state index is 13.6. The number of aromatic nitrogens is 3. The van der Waals surface area contributed by atoms with Crippen LogP contribution in [-0.2, 0) is 14.8 Å². The Bertz CT molecular complexity index is 2020. The third kappa shape index (κ3) is 6.70. The number of hydrogen-bond donors (Lipinski definition) is 3. The summed E-state index contributed by atoms with van der Waals surface area (Å²) in [5, 5.41) is 7.14. The van der Waals surface area contributed by atoms with Crippen molar-refractivity contribution < 1.29 is 27.4 Å². The first-order valence-corrected chi connectivity index (χ1v) is 16.1. The summed E-state index contributed by atoms with van der Waals surface area (Å²) in [4.78, 5) is 25.9. The summed E-state index contributed by atoms with van der Waals surface area (Å²) in [6.45, 7) is 1.94. The Morgan fingerprint density at radius 2 is 1.65 bits per heavy atom. The van der Waals surface area contributed by atoms with E-state index in [0.717, 1.165) is 18.5 Å². The van der Waals surface area contributed by atoms with Gasteiger partial charge in [0.2, 0.25) is 15.9 Å². The van der Waals surface area contributed by atoms with Crippen LogP contribution in [0.3, 0.4) is 0 Å². The minimum atomic E-state index is -3.95. The van der Waals surface area contributed by atoms with Gasteiger partial charge in [-0.1, -0.05) is 30.3 Å². The third-order valence-electron chi connectivity index (χ3n) is 7.22. The SMILES string of the molecule is CCOC(=O)c1cc(Nc2ccccc2)cc(Nc2c(S(=O)(=O)NC3CC3)cnc3cc(-c4cnc(OC)nc4OC)ccc23)c1. The van der Waals surface area contributed by atoms with Gasteiger partial charge >= 0.3 is 12.0 Å². The molecule has 0 radical (unpaired) electrons. The zero-order valence-electron chi connectivity index (χ0n) is 25.4. The fourth-order valence-electron chi connectivity index (χ4n) is 4.90. The number of hydrogen-bond acceptors (Lipinski definition) is 11. The summed E-state index contributed by atoms with van der Waals surface area (Å²) >= 11 is 0. The minimum absolute atomic E-state index is 0.0240. The number of fused-ring (bicyclic) bond motifs is 1. The number of pyridine rings is 1. The molecule has 12 nitrogen and oxygen atoms in total. The number of carbonyl (C=O) groups is 1. The number of nitrogens with zero attached hydrogens (tertiary/aromatic N) is 3.